The summed E-state index contributed by atoms with van der Waals surface area (Å²) >= 11 is 0. The van der Waals surface area contributed by atoms with Gasteiger partial charge in [-0.15, -0.1) is 0 Å². The van der Waals surface area contributed by atoms with E-state index < -0.39 is 15.1 Å². The van der Waals surface area contributed by atoms with Gasteiger partial charge in [0.25, 0.3) is 0 Å². The van der Waals surface area contributed by atoms with Crippen LogP contribution in [0, 0.1) is 0 Å². The fourth-order valence-corrected chi connectivity index (χ4v) is 1.71. The van der Waals surface area contributed by atoms with Crippen molar-refractivity contribution < 1.29 is 13.2 Å². The van der Waals surface area contributed by atoms with Gasteiger partial charge < -0.3 is 11.1 Å². The van der Waals surface area contributed by atoms with Gasteiger partial charge in [0, 0.05) is 19.5 Å². The van der Waals surface area contributed by atoms with Gasteiger partial charge in [0.15, 0.2) is 9.84 Å². The number of hydrogen-bond acceptors (Lipinski definition) is 4. The molecule has 5 nitrogen and oxygen atoms in total. The highest BCUT2D eigenvalue weighted by atomic mass is 32.2. The standard InChI is InChI=1S/C8H18N2O3S/c1-7(2)14(12,13)6-3-8(11)10-5-4-9/h7H,3-6,9H2,1-2H3,(H,10,11). The first-order valence-corrected chi connectivity index (χ1v) is 6.30. The molecule has 0 aliphatic rings. The topological polar surface area (TPSA) is 89.3 Å². The van der Waals surface area contributed by atoms with Gasteiger partial charge in [0.05, 0.1) is 11.0 Å². The SMILES string of the molecule is CC(C)S(=O)(=O)CCC(=O)NCCN. The Hall–Kier alpha value is -0.620. The minimum atomic E-state index is -3.11. The second-order valence-electron chi connectivity index (χ2n) is 3.30. The Morgan fingerprint density at radius 2 is 2.00 bits per heavy atom. The Labute approximate surface area is 85.0 Å². The van der Waals surface area contributed by atoms with Crippen molar-refractivity contribution in [2.24, 2.45) is 5.73 Å². The van der Waals surface area contributed by atoms with E-state index in [2.05, 4.69) is 5.32 Å². The van der Waals surface area contributed by atoms with E-state index in [0.717, 1.165) is 0 Å². The lowest BCUT2D eigenvalue weighted by Crippen LogP contribution is -2.31. The Morgan fingerprint density at radius 3 is 2.43 bits per heavy atom. The van der Waals surface area contributed by atoms with Crippen molar-refractivity contribution in [3.63, 3.8) is 0 Å². The van der Waals surface area contributed by atoms with Crippen LogP contribution < -0.4 is 11.1 Å². The van der Waals surface area contributed by atoms with Crippen LogP contribution >= 0.6 is 0 Å². The molecule has 14 heavy (non-hydrogen) atoms. The molecule has 0 radical (unpaired) electrons. The number of amides is 1. The van der Waals surface area contributed by atoms with E-state index in [9.17, 15) is 13.2 Å². The summed E-state index contributed by atoms with van der Waals surface area (Å²) < 4.78 is 22.6. The first-order chi connectivity index (χ1) is 6.40. The van der Waals surface area contributed by atoms with E-state index in [1.807, 2.05) is 0 Å². The van der Waals surface area contributed by atoms with Crippen LogP contribution in [0.1, 0.15) is 20.3 Å². The molecule has 0 bridgehead atoms. The molecule has 1 amide bonds. The van der Waals surface area contributed by atoms with E-state index in [1.165, 1.54) is 0 Å². The molecule has 0 fully saturated rings. The third-order valence-corrected chi connectivity index (χ3v) is 4.01. The first-order valence-electron chi connectivity index (χ1n) is 4.58. The molecule has 0 heterocycles. The Balaban J connectivity index is 3.89. The zero-order valence-electron chi connectivity index (χ0n) is 8.62. The molecule has 0 rings (SSSR count). The maximum Gasteiger partial charge on any atom is 0.221 e. The zero-order chi connectivity index (χ0) is 11.2. The summed E-state index contributed by atoms with van der Waals surface area (Å²) in [6.07, 6.45) is 0.0144. The zero-order valence-corrected chi connectivity index (χ0v) is 9.43. The van der Waals surface area contributed by atoms with E-state index in [1.54, 1.807) is 13.8 Å². The lowest BCUT2D eigenvalue weighted by Gasteiger charge is -2.07. The van der Waals surface area contributed by atoms with Crippen LogP contribution in [0.3, 0.4) is 0 Å². The molecule has 0 atom stereocenters. The highest BCUT2D eigenvalue weighted by Crippen LogP contribution is 2.02. The summed E-state index contributed by atoms with van der Waals surface area (Å²) in [7, 11) is -3.11. The monoisotopic (exact) mass is 222 g/mol. The van der Waals surface area contributed by atoms with Crippen molar-refractivity contribution >= 4 is 15.7 Å². The van der Waals surface area contributed by atoms with E-state index in [0.29, 0.717) is 13.1 Å². The summed E-state index contributed by atoms with van der Waals surface area (Å²) in [5, 5.41) is 2.09. The van der Waals surface area contributed by atoms with E-state index in [4.69, 9.17) is 5.73 Å². The van der Waals surface area contributed by atoms with Crippen LogP contribution in [0.25, 0.3) is 0 Å². The molecule has 0 saturated carbocycles. The van der Waals surface area contributed by atoms with Crippen LogP contribution in [-0.4, -0.2) is 38.4 Å². The lowest BCUT2D eigenvalue weighted by atomic mass is 10.4. The summed E-state index contributed by atoms with van der Waals surface area (Å²) in [6, 6.07) is 0. The smallest absolute Gasteiger partial charge is 0.221 e. The van der Waals surface area contributed by atoms with Crippen molar-refractivity contribution in [1.82, 2.24) is 5.32 Å². The second kappa shape index (κ2) is 5.98. The number of carbonyl (C=O) groups is 1. The van der Waals surface area contributed by atoms with Crippen LogP contribution in [0.4, 0.5) is 0 Å². The van der Waals surface area contributed by atoms with Crippen LogP contribution in [-0.2, 0) is 14.6 Å². The van der Waals surface area contributed by atoms with E-state index in [-0.39, 0.29) is 18.1 Å². The minimum absolute atomic E-state index is 0.0144. The Bertz CT molecular complexity index is 272. The molecule has 0 aromatic rings. The summed E-state index contributed by atoms with van der Waals surface area (Å²) in [5.74, 6) is -0.360. The van der Waals surface area contributed by atoms with Gasteiger partial charge in [-0.3, -0.25) is 4.79 Å². The number of nitrogens with two attached hydrogens (primary N) is 1. The molecule has 0 aliphatic carbocycles. The molecule has 84 valence electrons. The third-order valence-electron chi connectivity index (χ3n) is 1.80. The predicted octanol–water partition coefficient (Wildman–Crippen LogP) is -0.725. The van der Waals surface area contributed by atoms with Crippen LogP contribution in [0.5, 0.6) is 0 Å². The summed E-state index contributed by atoms with van der Waals surface area (Å²) in [5.41, 5.74) is 5.17. The number of nitrogens with one attached hydrogen (secondary N) is 1. The van der Waals surface area contributed by atoms with Gasteiger partial charge in [0.1, 0.15) is 0 Å². The van der Waals surface area contributed by atoms with Gasteiger partial charge >= 0.3 is 0 Å². The highest BCUT2D eigenvalue weighted by Gasteiger charge is 2.17. The lowest BCUT2D eigenvalue weighted by molar-refractivity contribution is -0.120. The van der Waals surface area contributed by atoms with Crippen molar-refractivity contribution in [1.29, 1.82) is 0 Å². The molecule has 0 aliphatic heterocycles. The van der Waals surface area contributed by atoms with Gasteiger partial charge in [0.2, 0.25) is 5.91 Å². The molecule has 6 heteroatoms. The first kappa shape index (κ1) is 13.4. The fourth-order valence-electron chi connectivity index (χ4n) is 0.771. The average Bonchev–Trinajstić information content (AvgIpc) is 2.11. The molecule has 3 N–H and O–H groups in total. The second-order valence-corrected chi connectivity index (χ2v) is 5.98. The third kappa shape index (κ3) is 5.18. The summed E-state index contributed by atoms with van der Waals surface area (Å²) in [6.45, 7) is 3.96. The molecular weight excluding hydrogens is 204 g/mol. The number of sulfone groups is 1. The molecule has 0 unspecified atom stereocenters. The van der Waals surface area contributed by atoms with Crippen molar-refractivity contribution in [3.05, 3.63) is 0 Å². The van der Waals surface area contributed by atoms with Crippen molar-refractivity contribution in [2.75, 3.05) is 18.8 Å². The quantitative estimate of drug-likeness (QED) is 0.620. The van der Waals surface area contributed by atoms with Crippen molar-refractivity contribution in [2.45, 2.75) is 25.5 Å². The normalized spacial score (nSPS) is 11.7. The number of rotatable bonds is 6. The van der Waals surface area contributed by atoms with Crippen molar-refractivity contribution in [3.8, 4) is 0 Å². The number of carbonyl (C=O) groups excluding carboxylic acids is 1. The maximum absolute atomic E-state index is 11.3. The Morgan fingerprint density at radius 1 is 1.43 bits per heavy atom. The average molecular weight is 222 g/mol. The largest absolute Gasteiger partial charge is 0.355 e. The molecule has 0 saturated heterocycles. The van der Waals surface area contributed by atoms with Crippen LogP contribution in [0.2, 0.25) is 0 Å². The van der Waals surface area contributed by atoms with Gasteiger partial charge in [-0.05, 0) is 13.8 Å². The summed E-state index contributed by atoms with van der Waals surface area (Å²) in [4.78, 5) is 11.0. The van der Waals surface area contributed by atoms with Gasteiger partial charge in [-0.25, -0.2) is 8.42 Å². The molecule has 0 aromatic heterocycles. The maximum atomic E-state index is 11.3. The minimum Gasteiger partial charge on any atom is -0.355 e. The molecular formula is C8H18N2O3S. The molecule has 0 aromatic carbocycles. The van der Waals surface area contributed by atoms with Gasteiger partial charge in [-0.2, -0.15) is 0 Å². The van der Waals surface area contributed by atoms with Gasteiger partial charge in [-0.1, -0.05) is 0 Å². The highest BCUT2D eigenvalue weighted by molar-refractivity contribution is 7.91. The van der Waals surface area contributed by atoms with E-state index >= 15 is 0 Å². The number of hydrogen-bond donors (Lipinski definition) is 2. The van der Waals surface area contributed by atoms with Crippen LogP contribution in [0.15, 0.2) is 0 Å². The predicted molar refractivity (Wildman–Crippen MR) is 55.6 cm³/mol. The molecule has 0 spiro atoms. The fraction of sp³-hybridized carbons (Fsp3) is 0.875. The Kier molecular flexibility index (Phi) is 5.71.